The number of carbonyl (C=O) groups excluding carboxylic acids is 1. The van der Waals surface area contributed by atoms with E-state index in [1.807, 2.05) is 19.1 Å². The zero-order valence-corrected chi connectivity index (χ0v) is 16.7. The SMILES string of the molecule is CCCC(=O)OCCOCCOCCOCCOCCOc1ccc(N)cc1. The zero-order chi connectivity index (χ0) is 20.3. The summed E-state index contributed by atoms with van der Waals surface area (Å²) < 4.78 is 32.0. The Balaban J connectivity index is 1.74. The molecule has 0 atom stereocenters. The Morgan fingerprint density at radius 1 is 0.750 bits per heavy atom. The van der Waals surface area contributed by atoms with Crippen molar-refractivity contribution in [1.82, 2.24) is 0 Å². The van der Waals surface area contributed by atoms with Crippen LogP contribution in [0.1, 0.15) is 19.8 Å². The van der Waals surface area contributed by atoms with Crippen LogP contribution < -0.4 is 10.5 Å². The predicted octanol–water partition coefficient (Wildman–Crippen LogP) is 2.06. The molecule has 160 valence electrons. The van der Waals surface area contributed by atoms with Crippen molar-refractivity contribution in [2.75, 3.05) is 71.8 Å². The first-order chi connectivity index (χ1) is 13.7. The van der Waals surface area contributed by atoms with Crippen LogP contribution in [0.5, 0.6) is 5.75 Å². The third-order valence-corrected chi connectivity index (χ3v) is 3.44. The van der Waals surface area contributed by atoms with Crippen molar-refractivity contribution < 1.29 is 33.2 Å². The Labute approximate surface area is 167 Å². The van der Waals surface area contributed by atoms with Gasteiger partial charge in [-0.3, -0.25) is 4.79 Å². The maximum atomic E-state index is 11.1. The first kappa shape index (κ1) is 24.2. The standard InChI is InChI=1S/C20H33NO7/c1-2-3-20(22)28-17-15-26-13-11-24-9-8-23-10-12-25-14-16-27-19-6-4-18(21)5-7-19/h4-7H,2-3,8-17,21H2,1H3. The number of anilines is 1. The maximum Gasteiger partial charge on any atom is 0.305 e. The zero-order valence-electron chi connectivity index (χ0n) is 16.7. The van der Waals surface area contributed by atoms with Crippen molar-refractivity contribution in [3.63, 3.8) is 0 Å². The van der Waals surface area contributed by atoms with E-state index in [1.165, 1.54) is 0 Å². The molecule has 0 bridgehead atoms. The van der Waals surface area contributed by atoms with Gasteiger partial charge in [0.25, 0.3) is 0 Å². The fraction of sp³-hybridized carbons (Fsp3) is 0.650. The third kappa shape index (κ3) is 14.2. The van der Waals surface area contributed by atoms with Crippen molar-refractivity contribution in [2.45, 2.75) is 19.8 Å². The van der Waals surface area contributed by atoms with Crippen molar-refractivity contribution in [2.24, 2.45) is 0 Å². The van der Waals surface area contributed by atoms with Gasteiger partial charge in [-0.05, 0) is 30.7 Å². The number of nitrogens with two attached hydrogens (primary N) is 1. The van der Waals surface area contributed by atoms with Crippen LogP contribution in [0.4, 0.5) is 5.69 Å². The Bertz CT molecular complexity index is 496. The summed E-state index contributed by atoms with van der Waals surface area (Å²) in [6, 6.07) is 7.24. The molecule has 0 amide bonds. The smallest absolute Gasteiger partial charge is 0.305 e. The van der Waals surface area contributed by atoms with E-state index in [2.05, 4.69) is 0 Å². The lowest BCUT2D eigenvalue weighted by atomic mass is 10.3. The molecule has 0 saturated carbocycles. The molecule has 2 N–H and O–H groups in total. The summed E-state index contributed by atoms with van der Waals surface area (Å²) >= 11 is 0. The van der Waals surface area contributed by atoms with E-state index in [1.54, 1.807) is 12.1 Å². The van der Waals surface area contributed by atoms with Crippen molar-refractivity contribution >= 4 is 11.7 Å². The van der Waals surface area contributed by atoms with Gasteiger partial charge in [0.2, 0.25) is 0 Å². The number of carbonyl (C=O) groups is 1. The van der Waals surface area contributed by atoms with Crippen LogP contribution in [-0.2, 0) is 28.5 Å². The first-order valence-corrected chi connectivity index (χ1v) is 9.67. The minimum absolute atomic E-state index is 0.183. The summed E-state index contributed by atoms with van der Waals surface area (Å²) in [4.78, 5) is 11.1. The molecule has 0 radical (unpaired) electrons. The molecule has 0 aromatic heterocycles. The summed E-state index contributed by atoms with van der Waals surface area (Å²) in [5.41, 5.74) is 6.32. The molecule has 1 rings (SSSR count). The average molecular weight is 399 g/mol. The molecule has 1 aromatic carbocycles. The third-order valence-electron chi connectivity index (χ3n) is 3.44. The lowest BCUT2D eigenvalue weighted by molar-refractivity contribution is -0.145. The van der Waals surface area contributed by atoms with Gasteiger partial charge < -0.3 is 34.2 Å². The monoisotopic (exact) mass is 399 g/mol. The second-order valence-electron chi connectivity index (χ2n) is 5.84. The van der Waals surface area contributed by atoms with Crippen LogP contribution >= 0.6 is 0 Å². The fourth-order valence-corrected chi connectivity index (χ4v) is 2.04. The molecule has 0 spiro atoms. The highest BCUT2D eigenvalue weighted by atomic mass is 16.6. The van der Waals surface area contributed by atoms with Crippen LogP contribution in [0.15, 0.2) is 24.3 Å². The summed E-state index contributed by atoms with van der Waals surface area (Å²) in [7, 11) is 0. The van der Waals surface area contributed by atoms with Gasteiger partial charge in [0.1, 0.15) is 19.0 Å². The number of benzene rings is 1. The molecule has 0 aliphatic carbocycles. The number of hydrogen-bond acceptors (Lipinski definition) is 8. The van der Waals surface area contributed by atoms with E-state index in [4.69, 9.17) is 34.2 Å². The number of nitrogen functional groups attached to an aromatic ring is 1. The topological polar surface area (TPSA) is 98.5 Å². The van der Waals surface area contributed by atoms with Crippen molar-refractivity contribution in [3.05, 3.63) is 24.3 Å². The van der Waals surface area contributed by atoms with Crippen LogP contribution in [0.3, 0.4) is 0 Å². The Morgan fingerprint density at radius 3 is 1.71 bits per heavy atom. The van der Waals surface area contributed by atoms with Gasteiger partial charge in [-0.2, -0.15) is 0 Å². The highest BCUT2D eigenvalue weighted by Crippen LogP contribution is 2.12. The summed E-state index contributed by atoms with van der Waals surface area (Å²) in [6.45, 7) is 6.52. The van der Waals surface area contributed by atoms with Gasteiger partial charge in [-0.1, -0.05) is 6.92 Å². The van der Waals surface area contributed by atoms with E-state index >= 15 is 0 Å². The molecule has 8 heteroatoms. The van der Waals surface area contributed by atoms with Gasteiger partial charge in [-0.15, -0.1) is 0 Å². The van der Waals surface area contributed by atoms with E-state index in [-0.39, 0.29) is 12.6 Å². The van der Waals surface area contributed by atoms with E-state index in [0.717, 1.165) is 12.2 Å². The number of esters is 1. The minimum Gasteiger partial charge on any atom is -0.491 e. The summed E-state index contributed by atoms with van der Waals surface area (Å²) in [5, 5.41) is 0. The van der Waals surface area contributed by atoms with Crippen molar-refractivity contribution in [3.8, 4) is 5.75 Å². The molecule has 0 aliphatic rings. The molecule has 8 nitrogen and oxygen atoms in total. The van der Waals surface area contributed by atoms with Crippen LogP contribution in [-0.4, -0.2) is 72.0 Å². The first-order valence-electron chi connectivity index (χ1n) is 9.67. The second kappa shape index (κ2) is 17.2. The second-order valence-corrected chi connectivity index (χ2v) is 5.84. The molecule has 0 saturated heterocycles. The normalized spacial score (nSPS) is 10.8. The predicted molar refractivity (Wildman–Crippen MR) is 105 cm³/mol. The van der Waals surface area contributed by atoms with Gasteiger partial charge in [-0.25, -0.2) is 0 Å². The lowest BCUT2D eigenvalue weighted by Crippen LogP contribution is -2.15. The van der Waals surface area contributed by atoms with Crippen LogP contribution in [0, 0.1) is 0 Å². The molecular formula is C20H33NO7. The molecule has 28 heavy (non-hydrogen) atoms. The summed E-state index contributed by atoms with van der Waals surface area (Å²) in [5.74, 6) is 0.588. The van der Waals surface area contributed by atoms with E-state index in [9.17, 15) is 4.79 Å². The Morgan fingerprint density at radius 2 is 1.21 bits per heavy atom. The summed E-state index contributed by atoms with van der Waals surface area (Å²) in [6.07, 6.45) is 1.24. The number of ether oxygens (including phenoxy) is 6. The fourth-order valence-electron chi connectivity index (χ4n) is 2.04. The number of hydrogen-bond donors (Lipinski definition) is 1. The minimum atomic E-state index is -0.183. The molecular weight excluding hydrogens is 366 g/mol. The quantitative estimate of drug-likeness (QED) is 0.228. The van der Waals surface area contributed by atoms with Gasteiger partial charge in [0, 0.05) is 12.1 Å². The molecule has 0 aliphatic heterocycles. The molecule has 1 aromatic rings. The van der Waals surface area contributed by atoms with Crippen LogP contribution in [0.2, 0.25) is 0 Å². The van der Waals surface area contributed by atoms with Gasteiger partial charge in [0.15, 0.2) is 0 Å². The molecule has 0 heterocycles. The van der Waals surface area contributed by atoms with Gasteiger partial charge >= 0.3 is 5.97 Å². The van der Waals surface area contributed by atoms with Gasteiger partial charge in [0.05, 0.1) is 52.9 Å². The molecule has 0 unspecified atom stereocenters. The van der Waals surface area contributed by atoms with E-state index < -0.39 is 0 Å². The number of rotatable bonds is 18. The van der Waals surface area contributed by atoms with Crippen molar-refractivity contribution in [1.29, 1.82) is 0 Å². The largest absolute Gasteiger partial charge is 0.491 e. The van der Waals surface area contributed by atoms with Crippen LogP contribution in [0.25, 0.3) is 0 Å². The highest BCUT2D eigenvalue weighted by Gasteiger charge is 1.99. The lowest BCUT2D eigenvalue weighted by Gasteiger charge is -2.09. The maximum absolute atomic E-state index is 11.1. The van der Waals surface area contributed by atoms with E-state index in [0.29, 0.717) is 71.6 Å². The molecule has 0 fully saturated rings. The average Bonchev–Trinajstić information content (AvgIpc) is 2.69. The highest BCUT2D eigenvalue weighted by molar-refractivity contribution is 5.69. The Kier molecular flexibility index (Phi) is 14.9. The Hall–Kier alpha value is -1.87.